The van der Waals surface area contributed by atoms with E-state index in [4.69, 9.17) is 0 Å². The van der Waals surface area contributed by atoms with Crippen LogP contribution in [0.25, 0.3) is 0 Å². The van der Waals surface area contributed by atoms with Crippen LogP contribution in [0.15, 0.2) is 12.3 Å². The zero-order valence-corrected chi connectivity index (χ0v) is 9.89. The third kappa shape index (κ3) is 2.09. The van der Waals surface area contributed by atoms with Crippen molar-refractivity contribution >= 4 is 5.91 Å². The molecule has 2 heterocycles. The van der Waals surface area contributed by atoms with E-state index >= 15 is 0 Å². The van der Waals surface area contributed by atoms with E-state index in [1.807, 2.05) is 4.90 Å². The van der Waals surface area contributed by atoms with Crippen LogP contribution in [0.4, 0.5) is 0 Å². The molecule has 0 aliphatic carbocycles. The molecule has 0 aromatic carbocycles. The molecule has 0 unspecified atom stereocenters. The molecule has 88 valence electrons. The van der Waals surface area contributed by atoms with E-state index in [-0.39, 0.29) is 5.91 Å². The van der Waals surface area contributed by atoms with Crippen LogP contribution in [0.3, 0.4) is 0 Å². The first kappa shape index (κ1) is 11.1. The summed E-state index contributed by atoms with van der Waals surface area (Å²) < 4.78 is 1.63. The Morgan fingerprint density at radius 3 is 2.56 bits per heavy atom. The number of rotatable bonds is 2. The molecule has 5 nitrogen and oxygen atoms in total. The summed E-state index contributed by atoms with van der Waals surface area (Å²) in [4.78, 5) is 16.4. The second-order valence-electron chi connectivity index (χ2n) is 4.07. The maximum absolute atomic E-state index is 12.1. The molecule has 1 saturated heterocycles. The van der Waals surface area contributed by atoms with E-state index in [0.717, 1.165) is 32.7 Å². The summed E-state index contributed by atoms with van der Waals surface area (Å²) in [5.74, 6) is 0.0933. The standard InChI is InChI=1S/C11H18N4O/c1-3-14-6-8-15(9-7-14)11(16)10-4-5-12-13(10)2/h4-5H,3,6-9H2,1-2H3. The zero-order valence-electron chi connectivity index (χ0n) is 9.89. The molecule has 1 aliphatic heterocycles. The van der Waals surface area contributed by atoms with E-state index in [9.17, 15) is 4.79 Å². The minimum atomic E-state index is 0.0933. The Kier molecular flexibility index (Phi) is 3.24. The molecule has 0 radical (unpaired) electrons. The van der Waals surface area contributed by atoms with Crippen molar-refractivity contribution in [3.05, 3.63) is 18.0 Å². The van der Waals surface area contributed by atoms with Crippen LogP contribution in [0.1, 0.15) is 17.4 Å². The quantitative estimate of drug-likeness (QED) is 0.717. The summed E-state index contributed by atoms with van der Waals surface area (Å²) in [6.45, 7) is 6.79. The molecular formula is C11H18N4O. The highest BCUT2D eigenvalue weighted by Gasteiger charge is 2.22. The number of piperazine rings is 1. The first-order valence-electron chi connectivity index (χ1n) is 5.72. The Labute approximate surface area is 95.6 Å². The van der Waals surface area contributed by atoms with Gasteiger partial charge in [-0.05, 0) is 12.6 Å². The van der Waals surface area contributed by atoms with E-state index in [2.05, 4.69) is 16.9 Å². The lowest BCUT2D eigenvalue weighted by Crippen LogP contribution is -2.48. The molecule has 16 heavy (non-hydrogen) atoms. The molecule has 1 aromatic rings. The summed E-state index contributed by atoms with van der Waals surface area (Å²) in [6.07, 6.45) is 1.66. The van der Waals surface area contributed by atoms with Crippen molar-refractivity contribution in [2.24, 2.45) is 7.05 Å². The van der Waals surface area contributed by atoms with Crippen molar-refractivity contribution in [3.8, 4) is 0 Å². The minimum absolute atomic E-state index is 0.0933. The van der Waals surface area contributed by atoms with Crippen LogP contribution in [0.2, 0.25) is 0 Å². The first-order chi connectivity index (χ1) is 7.72. The topological polar surface area (TPSA) is 41.4 Å². The van der Waals surface area contributed by atoms with Crippen molar-refractivity contribution in [1.29, 1.82) is 0 Å². The SMILES string of the molecule is CCN1CCN(C(=O)c2ccnn2C)CC1. The maximum Gasteiger partial charge on any atom is 0.272 e. The minimum Gasteiger partial charge on any atom is -0.335 e. The van der Waals surface area contributed by atoms with Crippen LogP contribution in [-0.2, 0) is 7.05 Å². The van der Waals surface area contributed by atoms with Crippen LogP contribution in [0.5, 0.6) is 0 Å². The van der Waals surface area contributed by atoms with Crippen molar-refractivity contribution in [2.75, 3.05) is 32.7 Å². The number of amides is 1. The van der Waals surface area contributed by atoms with Gasteiger partial charge in [-0.2, -0.15) is 5.10 Å². The number of carbonyl (C=O) groups excluding carboxylic acids is 1. The smallest absolute Gasteiger partial charge is 0.272 e. The fourth-order valence-electron chi connectivity index (χ4n) is 2.01. The van der Waals surface area contributed by atoms with E-state index in [1.54, 1.807) is 24.0 Å². The predicted octanol–water partition coefficient (Wildman–Crippen LogP) is 0.198. The van der Waals surface area contributed by atoms with Gasteiger partial charge in [-0.15, -0.1) is 0 Å². The number of nitrogens with zero attached hydrogens (tertiary/aromatic N) is 4. The number of likely N-dealkylation sites (N-methyl/N-ethyl adjacent to an activating group) is 1. The fraction of sp³-hybridized carbons (Fsp3) is 0.636. The van der Waals surface area contributed by atoms with Gasteiger partial charge in [-0.3, -0.25) is 9.48 Å². The number of aryl methyl sites for hydroxylation is 1. The lowest BCUT2D eigenvalue weighted by atomic mass is 10.3. The summed E-state index contributed by atoms with van der Waals surface area (Å²) in [7, 11) is 1.80. The van der Waals surface area contributed by atoms with Gasteiger partial charge in [-0.1, -0.05) is 6.92 Å². The van der Waals surface area contributed by atoms with Gasteiger partial charge in [0.15, 0.2) is 0 Å². The number of hydrogen-bond acceptors (Lipinski definition) is 3. The van der Waals surface area contributed by atoms with Crippen LogP contribution < -0.4 is 0 Å². The van der Waals surface area contributed by atoms with Gasteiger partial charge in [0.25, 0.3) is 5.91 Å². The van der Waals surface area contributed by atoms with Crippen LogP contribution in [-0.4, -0.2) is 58.2 Å². The molecular weight excluding hydrogens is 204 g/mol. The molecule has 1 aliphatic rings. The lowest BCUT2D eigenvalue weighted by Gasteiger charge is -2.33. The molecule has 0 bridgehead atoms. The Balaban J connectivity index is 2.00. The highest BCUT2D eigenvalue weighted by atomic mass is 16.2. The molecule has 2 rings (SSSR count). The van der Waals surface area contributed by atoms with Gasteiger partial charge in [0, 0.05) is 39.4 Å². The Hall–Kier alpha value is -1.36. The lowest BCUT2D eigenvalue weighted by molar-refractivity contribution is 0.0632. The maximum atomic E-state index is 12.1. The molecule has 5 heteroatoms. The number of carbonyl (C=O) groups is 1. The predicted molar refractivity (Wildman–Crippen MR) is 61.2 cm³/mol. The largest absolute Gasteiger partial charge is 0.335 e. The van der Waals surface area contributed by atoms with Gasteiger partial charge in [0.05, 0.1) is 0 Å². The first-order valence-corrected chi connectivity index (χ1v) is 5.72. The number of aromatic nitrogens is 2. The zero-order chi connectivity index (χ0) is 11.5. The van der Waals surface area contributed by atoms with Crippen molar-refractivity contribution in [3.63, 3.8) is 0 Å². The average Bonchev–Trinajstić information content (AvgIpc) is 2.75. The number of hydrogen-bond donors (Lipinski definition) is 0. The molecule has 0 spiro atoms. The van der Waals surface area contributed by atoms with Gasteiger partial charge in [0.1, 0.15) is 5.69 Å². The van der Waals surface area contributed by atoms with E-state index in [0.29, 0.717) is 5.69 Å². The van der Waals surface area contributed by atoms with E-state index in [1.165, 1.54) is 0 Å². The van der Waals surface area contributed by atoms with Crippen LogP contribution >= 0.6 is 0 Å². The molecule has 0 N–H and O–H groups in total. The molecule has 0 atom stereocenters. The van der Waals surface area contributed by atoms with Crippen molar-refractivity contribution < 1.29 is 4.79 Å². The summed E-state index contributed by atoms with van der Waals surface area (Å²) in [6, 6.07) is 1.77. The summed E-state index contributed by atoms with van der Waals surface area (Å²) >= 11 is 0. The summed E-state index contributed by atoms with van der Waals surface area (Å²) in [5, 5.41) is 4.02. The Morgan fingerprint density at radius 1 is 1.38 bits per heavy atom. The molecule has 0 saturated carbocycles. The van der Waals surface area contributed by atoms with Gasteiger partial charge in [0.2, 0.25) is 0 Å². The monoisotopic (exact) mass is 222 g/mol. The third-order valence-electron chi connectivity index (χ3n) is 3.15. The van der Waals surface area contributed by atoms with Crippen LogP contribution in [0, 0.1) is 0 Å². The third-order valence-corrected chi connectivity index (χ3v) is 3.15. The molecule has 1 amide bonds. The highest BCUT2D eigenvalue weighted by Crippen LogP contribution is 2.07. The van der Waals surface area contributed by atoms with Gasteiger partial charge in [-0.25, -0.2) is 0 Å². The molecule has 1 fully saturated rings. The van der Waals surface area contributed by atoms with Gasteiger partial charge >= 0.3 is 0 Å². The highest BCUT2D eigenvalue weighted by molar-refractivity contribution is 5.92. The normalized spacial score (nSPS) is 17.8. The van der Waals surface area contributed by atoms with E-state index < -0.39 is 0 Å². The second kappa shape index (κ2) is 4.65. The van der Waals surface area contributed by atoms with Gasteiger partial charge < -0.3 is 9.80 Å². The molecule has 1 aromatic heterocycles. The second-order valence-corrected chi connectivity index (χ2v) is 4.07. The van der Waals surface area contributed by atoms with Crippen molar-refractivity contribution in [1.82, 2.24) is 19.6 Å². The van der Waals surface area contributed by atoms with Crippen molar-refractivity contribution in [2.45, 2.75) is 6.92 Å². The summed E-state index contributed by atoms with van der Waals surface area (Å²) in [5.41, 5.74) is 0.671. The average molecular weight is 222 g/mol. The fourth-order valence-corrected chi connectivity index (χ4v) is 2.01. The Morgan fingerprint density at radius 2 is 2.06 bits per heavy atom. The Bertz CT molecular complexity index is 366.